The molecule has 0 aliphatic carbocycles. The van der Waals surface area contributed by atoms with Crippen LogP contribution in [0.4, 0.5) is 42.2 Å². The van der Waals surface area contributed by atoms with E-state index in [1.807, 2.05) is 0 Å². The number of rotatable bonds is 12. The van der Waals surface area contributed by atoms with Crippen LogP contribution < -0.4 is 14.8 Å². The summed E-state index contributed by atoms with van der Waals surface area (Å²) in [5.41, 5.74) is 0.203. The highest BCUT2D eigenvalue weighted by atomic mass is 19.4. The molecule has 0 unspecified atom stereocenters. The van der Waals surface area contributed by atoms with Crippen molar-refractivity contribution in [3.8, 4) is 11.5 Å². The molecule has 6 nitrogen and oxygen atoms in total. The highest BCUT2D eigenvalue weighted by Gasteiger charge is 2.32. The van der Waals surface area contributed by atoms with Crippen LogP contribution in [0, 0.1) is 0 Å². The highest BCUT2D eigenvalue weighted by molar-refractivity contribution is 5.80. The fourth-order valence-electron chi connectivity index (χ4n) is 2.99. The quantitative estimate of drug-likeness (QED) is 0.138. The SMILES string of the molecule is C=CC(F)(F)Oc1ccc(C=NCC(=C)c2nc(Nc3ccc(OC(F)(F)F)cc3)cc(C(F)(F)C=C)n2)cc1. The molecule has 1 N–H and O–H groups in total. The van der Waals surface area contributed by atoms with Gasteiger partial charge in [0, 0.05) is 29.6 Å². The van der Waals surface area contributed by atoms with E-state index in [-0.39, 0.29) is 35.2 Å². The van der Waals surface area contributed by atoms with Crippen LogP contribution in [0.2, 0.25) is 0 Å². The standard InChI is InChI=1S/C27H21F7N4O2/c1-4-25(28,29)22-14-23(36-19-8-12-21(13-9-19)40-27(32,33)34)38-24(37-22)17(3)15-35-16-18-6-10-20(11-7-18)39-26(30,31)5-2/h4-14,16H,1-3,15H2,(H,36,37,38). The van der Waals surface area contributed by atoms with Gasteiger partial charge < -0.3 is 14.8 Å². The summed E-state index contributed by atoms with van der Waals surface area (Å²) >= 11 is 0. The topological polar surface area (TPSA) is 68.6 Å². The molecule has 1 heterocycles. The summed E-state index contributed by atoms with van der Waals surface area (Å²) in [6, 6.07) is 11.0. The minimum Gasteiger partial charge on any atom is -0.429 e. The van der Waals surface area contributed by atoms with Gasteiger partial charge in [0.2, 0.25) is 0 Å². The third-order valence-electron chi connectivity index (χ3n) is 4.89. The molecule has 13 heteroatoms. The van der Waals surface area contributed by atoms with Gasteiger partial charge in [-0.05, 0) is 60.2 Å². The zero-order valence-corrected chi connectivity index (χ0v) is 20.6. The number of nitrogens with zero attached hydrogens (tertiary/aromatic N) is 3. The smallest absolute Gasteiger partial charge is 0.429 e. The number of aliphatic imine (C=N–C) groups is 1. The Morgan fingerprint density at radius 3 is 2.02 bits per heavy atom. The van der Waals surface area contributed by atoms with Crippen molar-refractivity contribution >= 4 is 23.3 Å². The van der Waals surface area contributed by atoms with Gasteiger partial charge in [-0.15, -0.1) is 13.2 Å². The summed E-state index contributed by atoms with van der Waals surface area (Å²) in [7, 11) is 0. The average Bonchev–Trinajstić information content (AvgIpc) is 2.89. The second-order valence-electron chi connectivity index (χ2n) is 8.00. The van der Waals surface area contributed by atoms with Crippen LogP contribution in [-0.2, 0) is 5.92 Å². The number of anilines is 2. The number of halogens is 7. The van der Waals surface area contributed by atoms with Crippen LogP contribution >= 0.6 is 0 Å². The molecular weight excluding hydrogens is 545 g/mol. The monoisotopic (exact) mass is 566 g/mol. The minimum atomic E-state index is -4.87. The van der Waals surface area contributed by atoms with Crippen LogP contribution in [0.5, 0.6) is 11.5 Å². The summed E-state index contributed by atoms with van der Waals surface area (Å²) in [6.45, 7) is 9.78. The fourth-order valence-corrected chi connectivity index (χ4v) is 2.99. The number of benzene rings is 2. The van der Waals surface area contributed by atoms with Gasteiger partial charge in [0.25, 0.3) is 0 Å². The van der Waals surface area contributed by atoms with Crippen molar-refractivity contribution in [3.63, 3.8) is 0 Å². The van der Waals surface area contributed by atoms with Crippen molar-refractivity contribution in [3.05, 3.63) is 104 Å². The number of nitrogens with one attached hydrogen (secondary N) is 1. The van der Waals surface area contributed by atoms with Gasteiger partial charge in [-0.3, -0.25) is 4.99 Å². The maximum absolute atomic E-state index is 14.4. The Balaban J connectivity index is 1.76. The van der Waals surface area contributed by atoms with Gasteiger partial charge >= 0.3 is 18.4 Å². The minimum absolute atomic E-state index is 0.0944. The highest BCUT2D eigenvalue weighted by Crippen LogP contribution is 2.31. The molecule has 0 aliphatic rings. The largest absolute Gasteiger partial charge is 0.573 e. The van der Waals surface area contributed by atoms with E-state index >= 15 is 0 Å². The molecule has 0 bridgehead atoms. The lowest BCUT2D eigenvalue weighted by Gasteiger charge is -2.15. The number of ether oxygens (including phenoxy) is 2. The van der Waals surface area contributed by atoms with Crippen LogP contribution in [0.1, 0.15) is 17.1 Å². The second-order valence-corrected chi connectivity index (χ2v) is 8.00. The lowest BCUT2D eigenvalue weighted by atomic mass is 10.2. The van der Waals surface area contributed by atoms with Gasteiger partial charge in [-0.25, -0.2) is 9.97 Å². The van der Waals surface area contributed by atoms with E-state index in [0.717, 1.165) is 18.2 Å². The number of alkyl halides is 7. The van der Waals surface area contributed by atoms with Gasteiger partial charge in [-0.1, -0.05) is 19.7 Å². The molecule has 0 fully saturated rings. The Kier molecular flexibility index (Phi) is 8.97. The molecule has 2 aromatic carbocycles. The van der Waals surface area contributed by atoms with E-state index in [9.17, 15) is 30.7 Å². The third-order valence-corrected chi connectivity index (χ3v) is 4.89. The van der Waals surface area contributed by atoms with Crippen LogP contribution in [0.3, 0.4) is 0 Å². The Hall–Kier alpha value is -4.68. The molecule has 0 saturated carbocycles. The van der Waals surface area contributed by atoms with Crippen molar-refractivity contribution in [2.75, 3.05) is 11.9 Å². The third kappa shape index (κ3) is 8.68. The lowest BCUT2D eigenvalue weighted by Crippen LogP contribution is -2.20. The van der Waals surface area contributed by atoms with Crippen LogP contribution in [0.25, 0.3) is 5.57 Å². The van der Waals surface area contributed by atoms with E-state index in [0.29, 0.717) is 17.7 Å². The van der Waals surface area contributed by atoms with Crippen molar-refractivity contribution in [2.24, 2.45) is 4.99 Å². The van der Waals surface area contributed by atoms with Gasteiger partial charge in [-0.2, -0.15) is 17.6 Å². The van der Waals surface area contributed by atoms with Crippen LogP contribution in [0.15, 0.2) is 91.5 Å². The molecule has 0 radical (unpaired) electrons. The van der Waals surface area contributed by atoms with E-state index in [2.05, 4.69) is 49.5 Å². The molecule has 0 atom stereocenters. The number of allylic oxidation sites excluding steroid dienone is 1. The summed E-state index contributed by atoms with van der Waals surface area (Å²) in [5, 5.41) is 2.73. The first-order valence-corrected chi connectivity index (χ1v) is 11.2. The zero-order chi connectivity index (χ0) is 29.6. The van der Waals surface area contributed by atoms with E-state index in [1.165, 1.54) is 42.6 Å². The summed E-state index contributed by atoms with van der Waals surface area (Å²) in [5.74, 6) is -4.37. The fraction of sp³-hybridized carbons (Fsp3) is 0.148. The van der Waals surface area contributed by atoms with Crippen molar-refractivity contribution in [1.82, 2.24) is 9.97 Å². The molecular formula is C27H21F7N4O2. The maximum Gasteiger partial charge on any atom is 0.573 e. The molecule has 40 heavy (non-hydrogen) atoms. The molecule has 3 rings (SSSR count). The molecule has 0 amide bonds. The second kappa shape index (κ2) is 12.0. The number of aromatic nitrogens is 2. The predicted molar refractivity (Wildman–Crippen MR) is 136 cm³/mol. The Morgan fingerprint density at radius 1 is 0.850 bits per heavy atom. The summed E-state index contributed by atoms with van der Waals surface area (Å²) in [4.78, 5) is 12.2. The molecule has 0 spiro atoms. The Morgan fingerprint density at radius 2 is 1.45 bits per heavy atom. The summed E-state index contributed by atoms with van der Waals surface area (Å²) in [6.07, 6.45) is -6.24. The summed E-state index contributed by atoms with van der Waals surface area (Å²) < 4.78 is 101. The van der Waals surface area contributed by atoms with Crippen molar-refractivity contribution in [2.45, 2.75) is 18.4 Å². The normalized spacial score (nSPS) is 12.2. The molecule has 0 saturated heterocycles. The van der Waals surface area contributed by atoms with Gasteiger partial charge in [0.05, 0.1) is 6.54 Å². The van der Waals surface area contributed by atoms with E-state index < -0.39 is 29.8 Å². The Labute approximate surface area is 224 Å². The predicted octanol–water partition coefficient (Wildman–Crippen LogP) is 7.69. The van der Waals surface area contributed by atoms with Crippen molar-refractivity contribution < 1.29 is 40.2 Å². The average molecular weight is 566 g/mol. The number of hydrogen-bond acceptors (Lipinski definition) is 6. The van der Waals surface area contributed by atoms with E-state index in [1.54, 1.807) is 0 Å². The first kappa shape index (κ1) is 29.9. The van der Waals surface area contributed by atoms with Gasteiger partial charge in [0.1, 0.15) is 23.0 Å². The van der Waals surface area contributed by atoms with Crippen molar-refractivity contribution in [1.29, 1.82) is 0 Å². The van der Waals surface area contributed by atoms with E-state index in [4.69, 9.17) is 0 Å². The first-order valence-electron chi connectivity index (χ1n) is 11.2. The van der Waals surface area contributed by atoms with Gasteiger partial charge in [0.15, 0.2) is 5.82 Å². The first-order chi connectivity index (χ1) is 18.7. The maximum atomic E-state index is 14.4. The van der Waals surface area contributed by atoms with Crippen LogP contribution in [-0.4, -0.2) is 35.2 Å². The molecule has 3 aromatic rings. The number of hydrogen-bond donors (Lipinski definition) is 1. The molecule has 210 valence electrons. The lowest BCUT2D eigenvalue weighted by molar-refractivity contribution is -0.274. The Bertz CT molecular complexity index is 1390. The molecule has 0 aliphatic heterocycles. The molecule has 1 aromatic heterocycles. The zero-order valence-electron chi connectivity index (χ0n) is 20.6.